The Morgan fingerprint density at radius 1 is 1.22 bits per heavy atom. The highest BCUT2D eigenvalue weighted by Crippen LogP contribution is 2.27. The average Bonchev–Trinajstić information content (AvgIpc) is 3.02. The molecule has 1 aliphatic rings. The lowest BCUT2D eigenvalue weighted by Gasteiger charge is -2.35. The van der Waals surface area contributed by atoms with Gasteiger partial charge in [0.2, 0.25) is 5.91 Å². The summed E-state index contributed by atoms with van der Waals surface area (Å²) in [6.07, 6.45) is 1.77. The number of halogens is 1. The minimum absolute atomic E-state index is 0.0158. The Morgan fingerprint density at radius 2 is 2.04 bits per heavy atom. The van der Waals surface area contributed by atoms with Gasteiger partial charge in [0.25, 0.3) is 0 Å². The van der Waals surface area contributed by atoms with Gasteiger partial charge in [0.1, 0.15) is 0 Å². The van der Waals surface area contributed by atoms with Crippen LogP contribution in [0.1, 0.15) is 37.3 Å². The molecule has 2 heterocycles. The van der Waals surface area contributed by atoms with E-state index in [1.165, 1.54) is 0 Å². The van der Waals surface area contributed by atoms with Gasteiger partial charge in [-0.05, 0) is 49.6 Å². The van der Waals surface area contributed by atoms with E-state index in [2.05, 4.69) is 4.98 Å². The predicted molar refractivity (Wildman–Crippen MR) is 107 cm³/mol. The molecule has 1 aromatic heterocycles. The monoisotopic (exact) mass is 383 g/mol. The highest BCUT2D eigenvalue weighted by molar-refractivity contribution is 6.30. The van der Waals surface area contributed by atoms with Gasteiger partial charge in [-0.15, -0.1) is 0 Å². The molecule has 6 heteroatoms. The van der Waals surface area contributed by atoms with Crippen molar-refractivity contribution < 1.29 is 4.79 Å². The number of aromatic amines is 1. The summed E-state index contributed by atoms with van der Waals surface area (Å²) in [6.45, 7) is 3.18. The van der Waals surface area contributed by atoms with E-state index >= 15 is 0 Å². The summed E-state index contributed by atoms with van der Waals surface area (Å²) in [5, 5.41) is 0.633. The Morgan fingerprint density at radius 3 is 2.85 bits per heavy atom. The number of fused-ring (bicyclic) bond motifs is 1. The fourth-order valence-electron chi connectivity index (χ4n) is 3.99. The lowest BCUT2D eigenvalue weighted by atomic mass is 9.97. The van der Waals surface area contributed by atoms with Gasteiger partial charge in [-0.25, -0.2) is 4.79 Å². The number of hydrogen-bond acceptors (Lipinski definition) is 2. The zero-order chi connectivity index (χ0) is 19.0. The van der Waals surface area contributed by atoms with Gasteiger partial charge in [0, 0.05) is 18.1 Å². The van der Waals surface area contributed by atoms with Crippen LogP contribution in [0.15, 0.2) is 53.3 Å². The maximum atomic E-state index is 13.1. The SMILES string of the molecule is CC(C(=O)N1CCC[C@H](n2c(=O)[nH]c3ccccc32)C1)c1cccc(Cl)c1. The van der Waals surface area contributed by atoms with Crippen molar-refractivity contribution in [3.63, 3.8) is 0 Å². The van der Waals surface area contributed by atoms with Gasteiger partial charge >= 0.3 is 5.69 Å². The Labute approximate surface area is 162 Å². The van der Waals surface area contributed by atoms with E-state index in [4.69, 9.17) is 11.6 Å². The third-order valence-electron chi connectivity index (χ3n) is 5.42. The smallest absolute Gasteiger partial charge is 0.326 e. The molecule has 1 fully saturated rings. The highest BCUT2D eigenvalue weighted by atomic mass is 35.5. The van der Waals surface area contributed by atoms with E-state index in [0.717, 1.165) is 36.0 Å². The highest BCUT2D eigenvalue weighted by Gasteiger charge is 2.29. The van der Waals surface area contributed by atoms with Crippen molar-refractivity contribution in [2.75, 3.05) is 13.1 Å². The number of amides is 1. The number of aromatic nitrogens is 2. The molecule has 27 heavy (non-hydrogen) atoms. The van der Waals surface area contributed by atoms with E-state index in [9.17, 15) is 9.59 Å². The van der Waals surface area contributed by atoms with E-state index in [1.54, 1.807) is 4.57 Å². The lowest BCUT2D eigenvalue weighted by Crippen LogP contribution is -2.44. The standard InChI is InChI=1S/C21H22ClN3O2/c1-14(15-6-4-7-16(22)12-15)20(26)24-11-5-8-17(13-24)25-19-10-3-2-9-18(19)23-21(25)27/h2-4,6-7,9-10,12,14,17H,5,8,11,13H2,1H3,(H,23,27)/t14?,17-/m0/s1. The molecule has 1 aliphatic heterocycles. The summed E-state index contributed by atoms with van der Waals surface area (Å²) in [4.78, 5) is 30.4. The largest absolute Gasteiger partial charge is 0.340 e. The number of H-pyrrole nitrogens is 1. The molecule has 2 atom stereocenters. The summed E-state index contributed by atoms with van der Waals surface area (Å²) in [5.74, 6) is -0.183. The van der Waals surface area contributed by atoms with E-state index < -0.39 is 0 Å². The normalized spacial score (nSPS) is 18.6. The molecule has 4 rings (SSSR count). The molecule has 0 saturated carbocycles. The molecular formula is C21H22ClN3O2. The molecule has 140 valence electrons. The number of nitrogens with one attached hydrogen (secondary N) is 1. The second-order valence-corrected chi connectivity index (χ2v) is 7.61. The van der Waals surface area contributed by atoms with Gasteiger partial charge in [-0.1, -0.05) is 35.9 Å². The Bertz CT molecular complexity index is 1040. The molecule has 5 nitrogen and oxygen atoms in total. The summed E-state index contributed by atoms with van der Waals surface area (Å²) in [6, 6.07) is 15.1. The van der Waals surface area contributed by atoms with Crippen LogP contribution in [0.2, 0.25) is 5.02 Å². The third kappa shape index (κ3) is 3.39. The molecule has 1 amide bonds. The van der Waals surface area contributed by atoms with E-state index in [0.29, 0.717) is 11.6 Å². The van der Waals surface area contributed by atoms with Crippen molar-refractivity contribution in [3.05, 3.63) is 69.6 Å². The van der Waals surface area contributed by atoms with Crippen molar-refractivity contribution in [2.24, 2.45) is 0 Å². The van der Waals surface area contributed by atoms with Crippen LogP contribution in [0.5, 0.6) is 0 Å². The van der Waals surface area contributed by atoms with Crippen molar-refractivity contribution >= 4 is 28.5 Å². The zero-order valence-electron chi connectivity index (χ0n) is 15.2. The number of piperidine rings is 1. The molecule has 0 spiro atoms. The van der Waals surface area contributed by atoms with Crippen LogP contribution in [0.25, 0.3) is 11.0 Å². The minimum atomic E-state index is -0.262. The van der Waals surface area contributed by atoms with Gasteiger partial charge in [0.05, 0.1) is 23.0 Å². The molecule has 0 bridgehead atoms. The van der Waals surface area contributed by atoms with Crippen molar-refractivity contribution in [1.29, 1.82) is 0 Å². The van der Waals surface area contributed by atoms with Gasteiger partial charge < -0.3 is 9.88 Å². The van der Waals surface area contributed by atoms with E-state index in [1.807, 2.05) is 60.4 Å². The maximum Gasteiger partial charge on any atom is 0.326 e. The summed E-state index contributed by atoms with van der Waals surface area (Å²) in [7, 11) is 0. The average molecular weight is 384 g/mol. The first kappa shape index (κ1) is 17.9. The Balaban J connectivity index is 1.58. The quantitative estimate of drug-likeness (QED) is 0.744. The van der Waals surface area contributed by atoms with Gasteiger partial charge in [-0.2, -0.15) is 0 Å². The minimum Gasteiger partial charge on any atom is -0.340 e. The predicted octanol–water partition coefficient (Wildman–Crippen LogP) is 3.95. The van der Waals surface area contributed by atoms with E-state index in [-0.39, 0.29) is 23.6 Å². The summed E-state index contributed by atoms with van der Waals surface area (Å²) >= 11 is 6.08. The van der Waals surface area contributed by atoms with Crippen molar-refractivity contribution in [1.82, 2.24) is 14.5 Å². The van der Waals surface area contributed by atoms with Gasteiger partial charge in [-0.3, -0.25) is 9.36 Å². The van der Waals surface area contributed by atoms with Crippen LogP contribution in [-0.4, -0.2) is 33.4 Å². The molecule has 2 aromatic carbocycles. The summed E-state index contributed by atoms with van der Waals surface area (Å²) in [5.41, 5.74) is 2.53. The molecular weight excluding hydrogens is 362 g/mol. The first-order valence-electron chi connectivity index (χ1n) is 9.28. The zero-order valence-corrected chi connectivity index (χ0v) is 15.9. The second-order valence-electron chi connectivity index (χ2n) is 7.17. The fraction of sp³-hybridized carbons (Fsp3) is 0.333. The maximum absolute atomic E-state index is 13.1. The van der Waals surface area contributed by atoms with Gasteiger partial charge in [0.15, 0.2) is 0 Å². The van der Waals surface area contributed by atoms with Crippen molar-refractivity contribution in [3.8, 4) is 0 Å². The van der Waals surface area contributed by atoms with Crippen molar-refractivity contribution in [2.45, 2.75) is 31.7 Å². The molecule has 3 aromatic rings. The number of nitrogens with zero attached hydrogens (tertiary/aromatic N) is 2. The number of likely N-dealkylation sites (tertiary alicyclic amines) is 1. The second kappa shape index (κ2) is 7.24. The fourth-order valence-corrected chi connectivity index (χ4v) is 4.19. The molecule has 1 saturated heterocycles. The number of carbonyl (C=O) groups is 1. The van der Waals surface area contributed by atoms with Crippen LogP contribution in [0.4, 0.5) is 0 Å². The number of para-hydroxylation sites is 2. The Kier molecular flexibility index (Phi) is 4.79. The molecule has 0 radical (unpaired) electrons. The van der Waals surface area contributed by atoms with Crippen LogP contribution in [0, 0.1) is 0 Å². The topological polar surface area (TPSA) is 58.1 Å². The number of carbonyl (C=O) groups excluding carboxylic acids is 1. The lowest BCUT2D eigenvalue weighted by molar-refractivity contribution is -0.134. The van der Waals surface area contributed by atoms with Crippen LogP contribution < -0.4 is 5.69 Å². The number of rotatable bonds is 3. The molecule has 1 N–H and O–H groups in total. The first-order valence-corrected chi connectivity index (χ1v) is 9.66. The number of benzene rings is 2. The first-order chi connectivity index (χ1) is 13.0. The van der Waals surface area contributed by atoms with Crippen LogP contribution >= 0.6 is 11.6 Å². The van der Waals surface area contributed by atoms with Crippen LogP contribution in [-0.2, 0) is 4.79 Å². The molecule has 1 unspecified atom stereocenters. The van der Waals surface area contributed by atoms with Crippen LogP contribution in [0.3, 0.4) is 0 Å². The third-order valence-corrected chi connectivity index (χ3v) is 5.65. The molecule has 0 aliphatic carbocycles. The number of hydrogen-bond donors (Lipinski definition) is 1. The summed E-state index contributed by atoms with van der Waals surface area (Å²) < 4.78 is 1.80. The number of imidazole rings is 1. The Hall–Kier alpha value is -2.53.